The number of likely N-dealkylation sites (tertiary alicyclic amines) is 1. The van der Waals surface area contributed by atoms with Gasteiger partial charge in [0, 0.05) is 109 Å². The van der Waals surface area contributed by atoms with E-state index in [9.17, 15) is 14.4 Å². The number of ether oxygens (including phenoxy) is 6. The van der Waals surface area contributed by atoms with Crippen molar-refractivity contribution in [3.63, 3.8) is 0 Å². The minimum Gasteiger partial charge on any atom is -0.496 e. The molecule has 0 aliphatic carbocycles. The summed E-state index contributed by atoms with van der Waals surface area (Å²) in [5.74, 6) is 2.51. The number of nitrogens with one attached hydrogen (secondary N) is 2. The molecule has 20 nitrogen and oxygen atoms in total. The fraction of sp³-hybridized carbons (Fsp3) is 0.148. The highest BCUT2D eigenvalue weighted by molar-refractivity contribution is 9.10. The Kier molecular flexibility index (Phi) is 20.8. The average molecular weight is 1420 g/mol. The lowest BCUT2D eigenvalue weighted by Gasteiger charge is -2.15. The second kappa shape index (κ2) is 31.2. The molecule has 3 aliphatic heterocycles. The number of carbonyl (C=O) groups is 3. The number of para-hydroxylation sites is 4. The van der Waals surface area contributed by atoms with Crippen LogP contribution in [-0.4, -0.2) is 130 Å². The van der Waals surface area contributed by atoms with Crippen LogP contribution in [0.2, 0.25) is 0 Å². The summed E-state index contributed by atoms with van der Waals surface area (Å²) in [4.78, 5) is 65.6. The molecule has 0 radical (unpaired) electrons. The van der Waals surface area contributed by atoms with Crippen LogP contribution in [0.1, 0.15) is 77.6 Å². The van der Waals surface area contributed by atoms with Crippen LogP contribution in [0.4, 0.5) is 0 Å². The van der Waals surface area contributed by atoms with E-state index in [0.29, 0.717) is 41.1 Å². The van der Waals surface area contributed by atoms with Crippen LogP contribution in [0.5, 0.6) is 23.0 Å². The van der Waals surface area contributed by atoms with Crippen LogP contribution in [0.15, 0.2) is 233 Å². The Hall–Kier alpha value is -12.5. The molecule has 13 aromatic rings. The highest BCUT2D eigenvalue weighted by Gasteiger charge is 2.25. The van der Waals surface area contributed by atoms with Crippen LogP contribution in [0, 0.1) is 0 Å². The highest BCUT2D eigenvalue weighted by atomic mass is 79.9. The molecule has 1 amide bonds. The van der Waals surface area contributed by atoms with Crippen molar-refractivity contribution < 1.29 is 42.8 Å². The number of amides is 1. The second-order valence-corrected chi connectivity index (χ2v) is 24.5. The first-order valence-electron chi connectivity index (χ1n) is 32.7. The summed E-state index contributed by atoms with van der Waals surface area (Å²) in [6.45, 7) is 2.86. The molecular weight excluding hydrogens is 1350 g/mol. The number of H-pyrrole nitrogens is 2. The number of aromatic amines is 2. The Balaban J connectivity index is 0.000000123. The summed E-state index contributed by atoms with van der Waals surface area (Å²) in [5.41, 5.74) is 19.8. The number of fused-ring (bicyclic) bond motifs is 4. The number of esters is 2. The molecule has 1 fully saturated rings. The van der Waals surface area contributed by atoms with Gasteiger partial charge in [0.05, 0.1) is 101 Å². The van der Waals surface area contributed by atoms with Gasteiger partial charge in [-0.25, -0.2) is 19.6 Å². The van der Waals surface area contributed by atoms with Crippen LogP contribution in [-0.2, 0) is 22.6 Å². The van der Waals surface area contributed by atoms with E-state index in [4.69, 9.17) is 28.4 Å². The average Bonchev–Trinajstić information content (AvgIpc) is 1.62. The molecule has 0 spiro atoms. The number of aliphatic imine (C=N–C) groups is 2. The van der Waals surface area contributed by atoms with Crippen LogP contribution >= 0.6 is 15.9 Å². The van der Waals surface area contributed by atoms with E-state index < -0.39 is 0 Å². The summed E-state index contributed by atoms with van der Waals surface area (Å²) >= 11 is 3.45. The van der Waals surface area contributed by atoms with Crippen molar-refractivity contribution >= 4 is 67.3 Å². The van der Waals surface area contributed by atoms with Gasteiger partial charge in [0.1, 0.15) is 23.0 Å². The molecule has 0 saturated carbocycles. The van der Waals surface area contributed by atoms with E-state index in [0.717, 1.165) is 165 Å². The number of hydrogen-bond donors (Lipinski definition) is 2. The Morgan fingerprint density at radius 3 is 1.23 bits per heavy atom. The molecule has 2 N–H and O–H groups in total. The van der Waals surface area contributed by atoms with Crippen molar-refractivity contribution in [1.29, 1.82) is 0 Å². The molecule has 508 valence electrons. The SMILES string of the molecule is COC(=O)c1cccc(-c2cnc3c(c2)C(c2ccccc2OC)=NC3)c1.COC(=O)c1cccc(-c2cnc3n[nH]c(-c4ccccc4OC)c3c2)c1.COc1ccccc1-c1[nH]nc2ncc(-c3cccc(C(=O)N4CCCC4)c3)cc12.COc1ccccc1C1=NCc2ncc(Br)cc21. The normalized spacial score (nSPS) is 12.4. The maximum absolute atomic E-state index is 12.8. The van der Waals surface area contributed by atoms with Crippen LogP contribution in [0.3, 0.4) is 0 Å². The Bertz CT molecular complexity index is 5350. The summed E-state index contributed by atoms with van der Waals surface area (Å²) in [6.07, 6.45) is 9.33. The van der Waals surface area contributed by atoms with Gasteiger partial charge < -0.3 is 33.3 Å². The zero-order valence-corrected chi connectivity index (χ0v) is 58.2. The van der Waals surface area contributed by atoms with Gasteiger partial charge in [0.2, 0.25) is 0 Å². The molecule has 0 unspecified atom stereocenters. The zero-order chi connectivity index (χ0) is 70.6. The highest BCUT2D eigenvalue weighted by Crippen LogP contribution is 2.38. The quantitative estimate of drug-likeness (QED) is 0.0962. The maximum atomic E-state index is 12.8. The molecule has 21 heteroatoms. The van der Waals surface area contributed by atoms with Gasteiger partial charge in [-0.15, -0.1) is 0 Å². The lowest BCUT2D eigenvalue weighted by Crippen LogP contribution is -2.27. The predicted molar refractivity (Wildman–Crippen MR) is 397 cm³/mol. The second-order valence-electron chi connectivity index (χ2n) is 23.6. The number of aromatic nitrogens is 8. The number of nitrogens with zero attached hydrogens (tertiary/aromatic N) is 9. The Labute approximate surface area is 596 Å². The summed E-state index contributed by atoms with van der Waals surface area (Å²) in [7, 11) is 9.37. The number of halogens is 1. The smallest absolute Gasteiger partial charge is 0.337 e. The number of hydrogen-bond acceptors (Lipinski definition) is 17. The van der Waals surface area contributed by atoms with Crippen molar-refractivity contribution in [2.45, 2.75) is 25.9 Å². The third-order valence-corrected chi connectivity index (χ3v) is 18.0. The fourth-order valence-electron chi connectivity index (χ4n) is 12.4. The molecule has 6 aromatic heterocycles. The molecule has 102 heavy (non-hydrogen) atoms. The van der Waals surface area contributed by atoms with E-state index in [1.54, 1.807) is 65.2 Å². The van der Waals surface area contributed by atoms with Gasteiger partial charge in [0.15, 0.2) is 11.3 Å². The van der Waals surface area contributed by atoms with Crippen LogP contribution < -0.4 is 18.9 Å². The summed E-state index contributed by atoms with van der Waals surface area (Å²) in [5, 5.41) is 16.6. The van der Waals surface area contributed by atoms with Crippen molar-refractivity contribution in [2.75, 3.05) is 55.7 Å². The van der Waals surface area contributed by atoms with Crippen molar-refractivity contribution in [3.8, 4) is 78.9 Å². The number of benzene rings is 7. The molecule has 9 heterocycles. The minimum absolute atomic E-state index is 0.0985. The zero-order valence-electron chi connectivity index (χ0n) is 56.6. The van der Waals surface area contributed by atoms with Crippen molar-refractivity contribution in [2.24, 2.45) is 9.98 Å². The van der Waals surface area contributed by atoms with E-state index in [2.05, 4.69) is 84.4 Å². The molecule has 3 aliphatic rings. The molecular formula is C81H68BrN11O9. The van der Waals surface area contributed by atoms with Crippen LogP contribution in [0.25, 0.3) is 78.0 Å². The summed E-state index contributed by atoms with van der Waals surface area (Å²) < 4.78 is 32.4. The van der Waals surface area contributed by atoms with E-state index >= 15 is 0 Å². The molecule has 0 atom stereocenters. The fourth-order valence-corrected chi connectivity index (χ4v) is 12.8. The first kappa shape index (κ1) is 68.1. The predicted octanol–water partition coefficient (Wildman–Crippen LogP) is 15.7. The lowest BCUT2D eigenvalue weighted by atomic mass is 9.98. The molecule has 1 saturated heterocycles. The van der Waals surface area contributed by atoms with E-state index in [-0.39, 0.29) is 17.8 Å². The molecule has 0 bridgehead atoms. The largest absolute Gasteiger partial charge is 0.496 e. The Morgan fingerprint density at radius 1 is 0.392 bits per heavy atom. The third kappa shape index (κ3) is 14.5. The van der Waals surface area contributed by atoms with Crippen molar-refractivity contribution in [1.82, 2.24) is 45.2 Å². The van der Waals surface area contributed by atoms with Crippen molar-refractivity contribution in [3.05, 3.63) is 274 Å². The number of pyridine rings is 4. The van der Waals surface area contributed by atoms with Gasteiger partial charge in [-0.05, 0) is 155 Å². The van der Waals surface area contributed by atoms with Gasteiger partial charge in [-0.2, -0.15) is 10.2 Å². The number of carbonyl (C=O) groups excluding carboxylic acids is 3. The van der Waals surface area contributed by atoms with Gasteiger partial charge in [0.25, 0.3) is 5.91 Å². The number of methoxy groups -OCH3 is 6. The third-order valence-electron chi connectivity index (χ3n) is 17.6. The van der Waals surface area contributed by atoms with Gasteiger partial charge in [-0.1, -0.05) is 84.9 Å². The first-order valence-corrected chi connectivity index (χ1v) is 33.5. The van der Waals surface area contributed by atoms with Gasteiger partial charge >= 0.3 is 11.9 Å². The molecule has 16 rings (SSSR count). The first-order chi connectivity index (χ1) is 49.9. The monoisotopic (exact) mass is 1420 g/mol. The van der Waals surface area contributed by atoms with Gasteiger partial charge in [-0.3, -0.25) is 34.9 Å². The van der Waals surface area contributed by atoms with E-state index in [1.807, 2.05) is 169 Å². The number of rotatable bonds is 14. The minimum atomic E-state index is -0.371. The lowest BCUT2D eigenvalue weighted by molar-refractivity contribution is 0.0592. The molecule has 7 aromatic carbocycles. The maximum Gasteiger partial charge on any atom is 0.337 e. The van der Waals surface area contributed by atoms with E-state index in [1.165, 1.54) is 14.2 Å². The topological polar surface area (TPSA) is 243 Å². The standard InChI is InChI=1S/C24H22N4O2.C22H18N2O3.C21H17N3O3.C14H11BrN2O/c1-30-21-10-3-2-9-19(21)22-20-14-18(15-25-23(20)27-26-22)16-7-6-8-17(13-16)24(29)28-11-4-5-12-28;1-26-20-9-4-3-8-17(20)21-18-11-16(12-23-19(18)13-24-21)14-6-5-7-15(10-14)22(25)27-2;1-26-18-9-4-3-8-16(18)19-17-11-15(12-22-20(17)24-23-19)13-6-5-7-14(10-13)21(25)27-2;1-18-13-5-3-2-4-10(13)14-11-6-9(15)7-16-12(11)8-17-14/h2-3,6-10,13-15H,4-5,11-12H2,1H3,(H,25,26,27);3-12H,13H2,1-2H3;3-12H,1-2H3,(H,22,23,24);2-7H,8H2,1H3. The summed E-state index contributed by atoms with van der Waals surface area (Å²) in [6, 6.07) is 61.8. The Morgan fingerprint density at radius 2 is 0.775 bits per heavy atom.